The van der Waals surface area contributed by atoms with E-state index in [-0.39, 0.29) is 12.0 Å². The van der Waals surface area contributed by atoms with Crippen LogP contribution in [0.1, 0.15) is 11.1 Å². The van der Waals surface area contributed by atoms with Gasteiger partial charge in [0.1, 0.15) is 11.5 Å². The minimum absolute atomic E-state index is 0.132. The zero-order chi connectivity index (χ0) is 14.7. The Bertz CT molecular complexity index is 600. The molecule has 1 atom stereocenters. The van der Waals surface area contributed by atoms with Crippen LogP contribution in [-0.4, -0.2) is 31.9 Å². The topological polar surface area (TPSA) is 69.7 Å². The summed E-state index contributed by atoms with van der Waals surface area (Å²) in [6.45, 7) is 0. The van der Waals surface area contributed by atoms with Gasteiger partial charge in [-0.05, 0) is 23.6 Å². The summed E-state index contributed by atoms with van der Waals surface area (Å²) in [6, 6.07) is 7.21. The van der Waals surface area contributed by atoms with E-state index in [9.17, 15) is 14.4 Å². The van der Waals surface area contributed by atoms with Gasteiger partial charge in [-0.1, -0.05) is 24.3 Å². The predicted molar refractivity (Wildman–Crippen MR) is 70.7 cm³/mol. The molecule has 0 amide bonds. The number of carbonyl (C=O) groups excluding carboxylic acids is 3. The molecule has 0 saturated carbocycles. The van der Waals surface area contributed by atoms with Gasteiger partial charge >= 0.3 is 11.9 Å². The van der Waals surface area contributed by atoms with Crippen LogP contribution in [0.3, 0.4) is 0 Å². The Kier molecular flexibility index (Phi) is 3.98. The fourth-order valence-corrected chi connectivity index (χ4v) is 2.19. The second-order valence-corrected chi connectivity index (χ2v) is 4.39. The molecule has 0 radical (unpaired) electrons. The maximum absolute atomic E-state index is 12.3. The van der Waals surface area contributed by atoms with Crippen molar-refractivity contribution in [1.82, 2.24) is 0 Å². The molecule has 2 rings (SSSR count). The van der Waals surface area contributed by atoms with Crippen LogP contribution in [0.15, 0.2) is 29.8 Å². The Morgan fingerprint density at radius 2 is 1.85 bits per heavy atom. The fourth-order valence-electron chi connectivity index (χ4n) is 2.19. The molecule has 1 aliphatic rings. The van der Waals surface area contributed by atoms with Crippen molar-refractivity contribution in [2.75, 3.05) is 14.2 Å². The number of carbonyl (C=O) groups is 3. The van der Waals surface area contributed by atoms with Gasteiger partial charge in [0.2, 0.25) is 0 Å². The van der Waals surface area contributed by atoms with Gasteiger partial charge in [0.05, 0.1) is 14.2 Å². The van der Waals surface area contributed by atoms with E-state index in [1.54, 1.807) is 12.1 Å². The van der Waals surface area contributed by atoms with Crippen LogP contribution in [0.4, 0.5) is 0 Å². The lowest BCUT2D eigenvalue weighted by Gasteiger charge is -2.12. The molecule has 5 nitrogen and oxygen atoms in total. The second-order valence-electron chi connectivity index (χ2n) is 4.39. The van der Waals surface area contributed by atoms with Crippen molar-refractivity contribution in [2.24, 2.45) is 5.92 Å². The average Bonchev–Trinajstić information content (AvgIpc) is 2.63. The van der Waals surface area contributed by atoms with Crippen LogP contribution in [0.5, 0.6) is 0 Å². The highest BCUT2D eigenvalue weighted by Crippen LogP contribution is 2.26. The molecule has 0 bridgehead atoms. The highest BCUT2D eigenvalue weighted by molar-refractivity contribution is 6.25. The summed E-state index contributed by atoms with van der Waals surface area (Å²) >= 11 is 0. The number of rotatable bonds is 2. The molecule has 104 valence electrons. The molecule has 0 heterocycles. The zero-order valence-corrected chi connectivity index (χ0v) is 11.2. The van der Waals surface area contributed by atoms with Crippen LogP contribution in [0.25, 0.3) is 6.08 Å². The quantitative estimate of drug-likeness (QED) is 0.460. The van der Waals surface area contributed by atoms with E-state index in [1.807, 2.05) is 12.1 Å². The largest absolute Gasteiger partial charge is 0.468 e. The summed E-state index contributed by atoms with van der Waals surface area (Å²) in [5.74, 6) is -2.99. The lowest BCUT2D eigenvalue weighted by atomic mass is 9.93. The first-order valence-corrected chi connectivity index (χ1v) is 6.08. The maximum Gasteiger partial charge on any atom is 0.341 e. The lowest BCUT2D eigenvalue weighted by Crippen LogP contribution is -2.30. The molecule has 0 fully saturated rings. The lowest BCUT2D eigenvalue weighted by molar-refractivity contribution is -0.149. The summed E-state index contributed by atoms with van der Waals surface area (Å²) in [5, 5.41) is 0. The number of esters is 2. The van der Waals surface area contributed by atoms with Crippen LogP contribution < -0.4 is 0 Å². The molecule has 1 aliphatic carbocycles. The molecule has 0 spiro atoms. The minimum Gasteiger partial charge on any atom is -0.468 e. The molecule has 1 aromatic rings. The van der Waals surface area contributed by atoms with E-state index in [2.05, 4.69) is 9.47 Å². The number of benzene rings is 1. The number of ether oxygens (including phenoxy) is 2. The van der Waals surface area contributed by atoms with Gasteiger partial charge in [-0.25, -0.2) is 4.79 Å². The number of hydrogen-bond donors (Lipinski definition) is 0. The third kappa shape index (κ3) is 2.47. The first-order valence-electron chi connectivity index (χ1n) is 6.08. The number of methoxy groups -OCH3 is 2. The van der Waals surface area contributed by atoms with Gasteiger partial charge in [-0.2, -0.15) is 0 Å². The van der Waals surface area contributed by atoms with Crippen molar-refractivity contribution in [2.45, 2.75) is 6.42 Å². The van der Waals surface area contributed by atoms with E-state index in [1.165, 1.54) is 20.3 Å². The summed E-state index contributed by atoms with van der Waals surface area (Å²) in [6.07, 6.45) is 1.67. The van der Waals surface area contributed by atoms with Gasteiger partial charge in [0.25, 0.3) is 0 Å². The number of ketones is 1. The smallest absolute Gasteiger partial charge is 0.341 e. The maximum atomic E-state index is 12.3. The average molecular weight is 274 g/mol. The SMILES string of the molecule is COC(=O)C1=Cc2ccccc2C[C@H](C(=O)OC)C1=O. The Labute approximate surface area is 116 Å². The van der Waals surface area contributed by atoms with Gasteiger partial charge < -0.3 is 9.47 Å². The van der Waals surface area contributed by atoms with E-state index < -0.39 is 23.6 Å². The predicted octanol–water partition coefficient (Wildman–Crippen LogP) is 1.16. The van der Waals surface area contributed by atoms with Crippen LogP contribution in [-0.2, 0) is 30.3 Å². The molecule has 0 saturated heterocycles. The normalized spacial score (nSPS) is 17.6. The molecule has 20 heavy (non-hydrogen) atoms. The highest BCUT2D eigenvalue weighted by atomic mass is 16.5. The summed E-state index contributed by atoms with van der Waals surface area (Å²) in [4.78, 5) is 35.9. The highest BCUT2D eigenvalue weighted by Gasteiger charge is 2.35. The van der Waals surface area contributed by atoms with Crippen LogP contribution >= 0.6 is 0 Å². The number of hydrogen-bond acceptors (Lipinski definition) is 5. The monoisotopic (exact) mass is 274 g/mol. The van der Waals surface area contributed by atoms with Crippen LogP contribution in [0, 0.1) is 5.92 Å². The van der Waals surface area contributed by atoms with Crippen molar-refractivity contribution in [3.8, 4) is 0 Å². The van der Waals surface area contributed by atoms with E-state index in [0.29, 0.717) is 0 Å². The Morgan fingerprint density at radius 3 is 2.50 bits per heavy atom. The minimum atomic E-state index is -1.02. The molecular formula is C15H14O5. The molecule has 0 aromatic heterocycles. The fraction of sp³-hybridized carbons (Fsp3) is 0.267. The van der Waals surface area contributed by atoms with Gasteiger partial charge in [0.15, 0.2) is 5.78 Å². The van der Waals surface area contributed by atoms with Crippen molar-refractivity contribution in [3.05, 3.63) is 41.0 Å². The second kappa shape index (κ2) is 5.69. The van der Waals surface area contributed by atoms with Crippen molar-refractivity contribution < 1.29 is 23.9 Å². The molecule has 1 aromatic carbocycles. The third-order valence-corrected chi connectivity index (χ3v) is 3.25. The molecule has 0 aliphatic heterocycles. The molecule has 0 N–H and O–H groups in total. The molecule has 0 unspecified atom stereocenters. The zero-order valence-electron chi connectivity index (χ0n) is 11.2. The number of fused-ring (bicyclic) bond motifs is 1. The van der Waals surface area contributed by atoms with Crippen molar-refractivity contribution >= 4 is 23.8 Å². The first kappa shape index (κ1) is 14.0. The summed E-state index contributed by atoms with van der Waals surface area (Å²) < 4.78 is 9.27. The summed E-state index contributed by atoms with van der Waals surface area (Å²) in [5.41, 5.74) is 1.41. The van der Waals surface area contributed by atoms with Crippen molar-refractivity contribution in [3.63, 3.8) is 0 Å². The van der Waals surface area contributed by atoms with Crippen molar-refractivity contribution in [1.29, 1.82) is 0 Å². The van der Waals surface area contributed by atoms with Gasteiger partial charge in [-0.3, -0.25) is 9.59 Å². The molecular weight excluding hydrogens is 260 g/mol. The first-order chi connectivity index (χ1) is 9.58. The Morgan fingerprint density at radius 1 is 1.15 bits per heavy atom. The molecule has 5 heteroatoms. The summed E-state index contributed by atoms with van der Waals surface area (Å²) in [7, 11) is 2.41. The standard InChI is InChI=1S/C15H14O5/c1-19-14(17)11-7-9-5-3-4-6-10(9)8-12(13(11)16)15(18)20-2/h3-7,12H,8H2,1-2H3/t12-/m0/s1. The Hall–Kier alpha value is -2.43. The van der Waals surface area contributed by atoms with E-state index >= 15 is 0 Å². The number of Topliss-reactive ketones (excluding diaryl/α,β-unsaturated/α-hetero) is 1. The third-order valence-electron chi connectivity index (χ3n) is 3.25. The van der Waals surface area contributed by atoms with E-state index in [4.69, 9.17) is 0 Å². The van der Waals surface area contributed by atoms with Crippen LogP contribution in [0.2, 0.25) is 0 Å². The van der Waals surface area contributed by atoms with E-state index in [0.717, 1.165) is 11.1 Å². The Balaban J connectivity index is 2.55. The van der Waals surface area contributed by atoms with Gasteiger partial charge in [0, 0.05) is 0 Å². The van der Waals surface area contributed by atoms with Gasteiger partial charge in [-0.15, -0.1) is 0 Å².